The van der Waals surface area contributed by atoms with Gasteiger partial charge in [0, 0.05) is 18.1 Å². The summed E-state index contributed by atoms with van der Waals surface area (Å²) in [5, 5.41) is 22.2. The molecular weight excluding hydrogens is 552 g/mol. The summed E-state index contributed by atoms with van der Waals surface area (Å²) in [7, 11) is 0. The first kappa shape index (κ1) is 27.5. The van der Waals surface area contributed by atoms with Crippen LogP contribution in [0.5, 0.6) is 11.5 Å². The normalized spacial score (nSPS) is 14.6. The van der Waals surface area contributed by atoms with E-state index in [1.54, 1.807) is 22.6 Å². The van der Waals surface area contributed by atoms with Crippen LogP contribution in [0.15, 0.2) is 83.7 Å². The number of carbonyl (C=O) groups is 2. The van der Waals surface area contributed by atoms with Gasteiger partial charge in [0.25, 0.3) is 11.5 Å². The molecular formula is C33H30N2O6S. The summed E-state index contributed by atoms with van der Waals surface area (Å²) in [6.07, 6.45) is 5.65. The number of amides is 1. The van der Waals surface area contributed by atoms with Crippen LogP contribution in [-0.4, -0.2) is 38.6 Å². The van der Waals surface area contributed by atoms with Crippen molar-refractivity contribution in [1.82, 2.24) is 9.72 Å². The Balaban J connectivity index is 1.44. The molecule has 3 aromatic carbocycles. The van der Waals surface area contributed by atoms with Crippen molar-refractivity contribution in [1.29, 1.82) is 0 Å². The Morgan fingerprint density at radius 2 is 1.71 bits per heavy atom. The van der Waals surface area contributed by atoms with Crippen LogP contribution in [0.1, 0.15) is 48.0 Å². The topological polar surface area (TPSA) is 117 Å². The molecule has 1 unspecified atom stereocenters. The minimum atomic E-state index is -1.22. The molecule has 42 heavy (non-hydrogen) atoms. The maximum Gasteiger partial charge on any atom is 0.326 e. The maximum absolute atomic E-state index is 14.0. The third-order valence-electron chi connectivity index (χ3n) is 7.70. The lowest BCUT2D eigenvalue weighted by Crippen LogP contribution is -2.42. The summed E-state index contributed by atoms with van der Waals surface area (Å²) in [6.45, 7) is 0. The minimum Gasteiger partial charge on any atom is -0.508 e. The molecule has 1 fully saturated rings. The van der Waals surface area contributed by atoms with Gasteiger partial charge in [0.15, 0.2) is 0 Å². The summed E-state index contributed by atoms with van der Waals surface area (Å²) < 4.78 is 8.64. The number of hydrogen-bond acceptors (Lipinski definition) is 6. The summed E-state index contributed by atoms with van der Waals surface area (Å²) in [5.41, 5.74) is 2.21. The van der Waals surface area contributed by atoms with Crippen LogP contribution >= 0.6 is 11.3 Å². The molecule has 1 saturated carbocycles. The highest BCUT2D eigenvalue weighted by atomic mass is 32.1. The molecule has 6 rings (SSSR count). The van der Waals surface area contributed by atoms with Crippen LogP contribution in [0, 0.1) is 0 Å². The summed E-state index contributed by atoms with van der Waals surface area (Å²) >= 11 is 1.30. The van der Waals surface area contributed by atoms with Gasteiger partial charge >= 0.3 is 5.97 Å². The zero-order valence-electron chi connectivity index (χ0n) is 22.8. The number of phenolic OH excluding ortho intramolecular Hbond substituents is 1. The fourth-order valence-corrected chi connectivity index (χ4v) is 6.66. The highest BCUT2D eigenvalue weighted by molar-refractivity contribution is 7.24. The van der Waals surface area contributed by atoms with Gasteiger partial charge in [-0.3, -0.25) is 14.0 Å². The third kappa shape index (κ3) is 5.60. The minimum absolute atomic E-state index is 0.0249. The van der Waals surface area contributed by atoms with Gasteiger partial charge in [0.2, 0.25) is 0 Å². The smallest absolute Gasteiger partial charge is 0.326 e. The van der Waals surface area contributed by atoms with Gasteiger partial charge in [-0.05, 0) is 67.1 Å². The van der Waals surface area contributed by atoms with E-state index >= 15 is 0 Å². The van der Waals surface area contributed by atoms with Crippen molar-refractivity contribution in [3.8, 4) is 22.6 Å². The Kier molecular flexibility index (Phi) is 7.67. The Bertz CT molecular complexity index is 1820. The lowest BCUT2D eigenvalue weighted by molar-refractivity contribution is -0.139. The number of fused-ring (bicyclic) bond motifs is 3. The SMILES string of the molecule is O=C(NC(Cc1ccc(O)cc1)C(=O)O)c1cc(-c2ccccc2)c(=O)n2c1sc1ccc(OC3CCCCC3)cc12. The molecule has 1 aliphatic carbocycles. The maximum atomic E-state index is 14.0. The first-order valence-corrected chi connectivity index (χ1v) is 14.8. The van der Waals surface area contributed by atoms with E-state index in [-0.39, 0.29) is 29.4 Å². The van der Waals surface area contributed by atoms with Crippen LogP contribution < -0.4 is 15.6 Å². The predicted octanol–water partition coefficient (Wildman–Crippen LogP) is 6.02. The predicted molar refractivity (Wildman–Crippen MR) is 163 cm³/mol. The van der Waals surface area contributed by atoms with Crippen LogP contribution in [0.3, 0.4) is 0 Å². The lowest BCUT2D eigenvalue weighted by atomic mass is 9.98. The van der Waals surface area contributed by atoms with E-state index in [0.717, 1.165) is 30.4 Å². The van der Waals surface area contributed by atoms with E-state index in [1.807, 2.05) is 48.5 Å². The molecule has 1 atom stereocenters. The van der Waals surface area contributed by atoms with Crippen molar-refractivity contribution < 1.29 is 24.5 Å². The zero-order valence-corrected chi connectivity index (χ0v) is 23.6. The van der Waals surface area contributed by atoms with Crippen molar-refractivity contribution in [2.45, 2.75) is 50.7 Å². The number of nitrogens with one attached hydrogen (secondary N) is 1. The van der Waals surface area contributed by atoms with Crippen molar-refractivity contribution in [2.24, 2.45) is 0 Å². The molecule has 5 aromatic rings. The number of ether oxygens (including phenoxy) is 1. The third-order valence-corrected chi connectivity index (χ3v) is 8.86. The molecule has 8 nitrogen and oxygen atoms in total. The fraction of sp³-hybridized carbons (Fsp3) is 0.242. The molecule has 9 heteroatoms. The number of hydrogen-bond donors (Lipinski definition) is 3. The number of aromatic nitrogens is 1. The molecule has 214 valence electrons. The number of aromatic hydroxyl groups is 1. The molecule has 0 aliphatic heterocycles. The Hall–Kier alpha value is -4.63. The fourth-order valence-electron chi connectivity index (χ4n) is 5.52. The van der Waals surface area contributed by atoms with Gasteiger partial charge in [-0.25, -0.2) is 4.79 Å². The van der Waals surface area contributed by atoms with E-state index in [9.17, 15) is 24.6 Å². The van der Waals surface area contributed by atoms with Gasteiger partial charge in [0.1, 0.15) is 22.4 Å². The summed E-state index contributed by atoms with van der Waals surface area (Å²) in [4.78, 5) is 40.3. The Labute approximate surface area is 245 Å². The number of carbonyl (C=O) groups excluding carboxylic acids is 1. The second-order valence-electron chi connectivity index (χ2n) is 10.6. The molecule has 1 aliphatic rings. The second-order valence-corrected chi connectivity index (χ2v) is 11.7. The summed E-state index contributed by atoms with van der Waals surface area (Å²) in [5.74, 6) is -1.04. The molecule has 1 amide bonds. The van der Waals surface area contributed by atoms with Crippen LogP contribution in [0.2, 0.25) is 0 Å². The van der Waals surface area contributed by atoms with Crippen LogP contribution in [0.4, 0.5) is 0 Å². The number of thiazole rings is 1. The van der Waals surface area contributed by atoms with Crippen molar-refractivity contribution in [2.75, 3.05) is 0 Å². The van der Waals surface area contributed by atoms with Crippen LogP contribution in [-0.2, 0) is 11.2 Å². The molecule has 0 spiro atoms. The second kappa shape index (κ2) is 11.7. The van der Waals surface area contributed by atoms with Gasteiger partial charge < -0.3 is 20.3 Å². The monoisotopic (exact) mass is 582 g/mol. The van der Waals surface area contributed by atoms with E-state index in [1.165, 1.54) is 29.9 Å². The average molecular weight is 583 g/mol. The molecule has 2 aromatic heterocycles. The Morgan fingerprint density at radius 1 is 0.976 bits per heavy atom. The quantitative estimate of drug-likeness (QED) is 0.206. The van der Waals surface area contributed by atoms with E-state index in [4.69, 9.17) is 4.74 Å². The number of rotatable bonds is 8. The number of pyridine rings is 1. The molecule has 0 bridgehead atoms. The number of carboxylic acid groups (broad SMARTS) is 1. The van der Waals surface area contributed by atoms with E-state index < -0.39 is 17.9 Å². The summed E-state index contributed by atoms with van der Waals surface area (Å²) in [6, 6.07) is 21.3. The molecule has 0 radical (unpaired) electrons. The first-order chi connectivity index (χ1) is 20.4. The molecule has 3 N–H and O–H groups in total. The van der Waals surface area contributed by atoms with Gasteiger partial charge in [0.05, 0.1) is 21.9 Å². The zero-order chi connectivity index (χ0) is 29.2. The van der Waals surface area contributed by atoms with Gasteiger partial charge in [-0.2, -0.15) is 0 Å². The highest BCUT2D eigenvalue weighted by Gasteiger charge is 2.26. The number of aliphatic carboxylic acids is 1. The van der Waals surface area contributed by atoms with Crippen molar-refractivity contribution in [3.63, 3.8) is 0 Å². The number of phenols is 1. The standard InChI is InChI=1S/C33H30N2O6S/c36-22-13-11-20(12-14-22)17-27(33(39)40)34-30(37)26-19-25(21-7-3-1-4-8-21)31(38)35-28-18-24(15-16-29(28)42-32(26)35)41-23-9-5-2-6-10-23/h1,3-4,7-8,11-16,18-19,23,27,36H,2,5-6,9-10,17H2,(H,34,37)(H,39,40). The number of nitrogens with zero attached hydrogens (tertiary/aromatic N) is 1. The Morgan fingerprint density at radius 3 is 2.43 bits per heavy atom. The number of benzene rings is 3. The van der Waals surface area contributed by atoms with Crippen LogP contribution in [0.25, 0.3) is 26.2 Å². The first-order valence-electron chi connectivity index (χ1n) is 14.0. The lowest BCUT2D eigenvalue weighted by Gasteiger charge is -2.23. The largest absolute Gasteiger partial charge is 0.508 e. The molecule has 2 heterocycles. The van der Waals surface area contributed by atoms with Gasteiger partial charge in [-0.15, -0.1) is 11.3 Å². The highest BCUT2D eigenvalue weighted by Crippen LogP contribution is 2.33. The van der Waals surface area contributed by atoms with E-state index in [0.29, 0.717) is 32.8 Å². The van der Waals surface area contributed by atoms with Crippen molar-refractivity contribution in [3.05, 3.63) is 100 Å². The van der Waals surface area contributed by atoms with E-state index in [2.05, 4.69) is 5.32 Å². The van der Waals surface area contributed by atoms with Gasteiger partial charge in [-0.1, -0.05) is 48.9 Å². The average Bonchev–Trinajstić information content (AvgIpc) is 3.38. The number of carboxylic acids is 1. The van der Waals surface area contributed by atoms with Crippen molar-refractivity contribution >= 4 is 38.3 Å². The molecule has 0 saturated heterocycles.